The number of aromatic nitrogens is 2. The molecule has 0 bridgehead atoms. The smallest absolute Gasteiger partial charge is 0.250 e. The maximum absolute atomic E-state index is 5.21. The van der Waals surface area contributed by atoms with Gasteiger partial charge in [-0.25, -0.2) is 0 Å². The maximum atomic E-state index is 5.21. The van der Waals surface area contributed by atoms with Crippen LogP contribution in [0.2, 0.25) is 0 Å². The highest BCUT2D eigenvalue weighted by Crippen LogP contribution is 2.21. The van der Waals surface area contributed by atoms with E-state index in [9.17, 15) is 0 Å². The molecule has 0 atom stereocenters. The van der Waals surface area contributed by atoms with E-state index in [1.54, 1.807) is 18.4 Å². The highest BCUT2D eigenvalue weighted by Gasteiger charge is 2.07. The number of nitrogens with zero attached hydrogens (tertiary/aromatic N) is 2. The molecule has 100 valence electrons. The molecule has 20 heavy (non-hydrogen) atoms. The lowest BCUT2D eigenvalue weighted by Crippen LogP contribution is -1.85. The Labute approximate surface area is 120 Å². The molecule has 3 rings (SSSR count). The Morgan fingerprint density at radius 3 is 2.95 bits per heavy atom. The fraction of sp³-hybridized carbons (Fsp3) is 0.0667. The molecule has 4 nitrogen and oxygen atoms in total. The van der Waals surface area contributed by atoms with Crippen molar-refractivity contribution in [3.63, 3.8) is 0 Å². The van der Waals surface area contributed by atoms with Gasteiger partial charge in [-0.2, -0.15) is 4.98 Å². The largest absolute Gasteiger partial charge is 0.497 e. The van der Waals surface area contributed by atoms with E-state index >= 15 is 0 Å². The summed E-state index contributed by atoms with van der Waals surface area (Å²) >= 11 is 1.66. The van der Waals surface area contributed by atoms with Crippen LogP contribution in [0.4, 0.5) is 0 Å². The molecule has 2 aromatic heterocycles. The monoisotopic (exact) mass is 284 g/mol. The summed E-state index contributed by atoms with van der Waals surface area (Å²) < 4.78 is 10.4. The number of hydrogen-bond acceptors (Lipinski definition) is 5. The molecule has 0 unspecified atom stereocenters. The fourth-order valence-electron chi connectivity index (χ4n) is 1.72. The molecule has 5 heteroatoms. The molecule has 0 fully saturated rings. The van der Waals surface area contributed by atoms with E-state index in [0.717, 1.165) is 16.2 Å². The fourth-order valence-corrected chi connectivity index (χ4v) is 2.34. The zero-order valence-corrected chi connectivity index (χ0v) is 11.6. The molecule has 0 amide bonds. The third-order valence-electron chi connectivity index (χ3n) is 2.70. The molecule has 0 aliphatic heterocycles. The summed E-state index contributed by atoms with van der Waals surface area (Å²) in [6.07, 6.45) is 3.76. The van der Waals surface area contributed by atoms with Gasteiger partial charge in [-0.3, -0.25) is 0 Å². The summed E-state index contributed by atoms with van der Waals surface area (Å²) in [5.74, 6) is 1.80. The molecule has 0 saturated carbocycles. The Balaban J connectivity index is 1.82. The first-order valence-corrected chi connectivity index (χ1v) is 6.93. The molecule has 0 aliphatic rings. The minimum Gasteiger partial charge on any atom is -0.497 e. The van der Waals surface area contributed by atoms with Gasteiger partial charge in [-0.05, 0) is 29.7 Å². The van der Waals surface area contributed by atoms with E-state index in [-0.39, 0.29) is 0 Å². The first-order chi connectivity index (χ1) is 9.85. The lowest BCUT2D eigenvalue weighted by molar-refractivity contribution is 0.410. The molecule has 0 aliphatic carbocycles. The molecule has 2 heterocycles. The molecular weight excluding hydrogens is 272 g/mol. The Kier molecular flexibility index (Phi) is 3.60. The third-order valence-corrected chi connectivity index (χ3v) is 3.54. The van der Waals surface area contributed by atoms with Gasteiger partial charge in [0.05, 0.1) is 7.11 Å². The van der Waals surface area contributed by atoms with Crippen LogP contribution >= 0.6 is 11.3 Å². The maximum Gasteiger partial charge on any atom is 0.250 e. The van der Waals surface area contributed by atoms with Gasteiger partial charge in [0.25, 0.3) is 5.89 Å². The van der Waals surface area contributed by atoms with Gasteiger partial charge in [0.2, 0.25) is 5.82 Å². The minimum atomic E-state index is 0.483. The summed E-state index contributed by atoms with van der Waals surface area (Å²) in [6, 6.07) is 11.6. The van der Waals surface area contributed by atoms with Crippen LogP contribution in [0.3, 0.4) is 0 Å². The minimum absolute atomic E-state index is 0.483. The van der Waals surface area contributed by atoms with Gasteiger partial charge < -0.3 is 9.26 Å². The van der Waals surface area contributed by atoms with E-state index in [0.29, 0.717) is 11.7 Å². The number of thiophene rings is 1. The van der Waals surface area contributed by atoms with Crippen LogP contribution in [-0.4, -0.2) is 17.3 Å². The van der Waals surface area contributed by atoms with Crippen molar-refractivity contribution in [3.05, 3.63) is 52.5 Å². The summed E-state index contributed by atoms with van der Waals surface area (Å²) in [5, 5.41) is 6.00. The van der Waals surface area contributed by atoms with E-state index in [2.05, 4.69) is 10.1 Å². The highest BCUT2D eigenvalue weighted by molar-refractivity contribution is 7.10. The normalized spacial score (nSPS) is 11.1. The standard InChI is InChI=1S/C15H12N2O2S/c1-18-12-5-2-4-11(10-12)15-16-14(19-17-15)8-7-13-6-3-9-20-13/h2-10H,1H3/b8-7+. The van der Waals surface area contributed by atoms with Crippen molar-refractivity contribution in [2.75, 3.05) is 7.11 Å². The second-order valence-corrected chi connectivity index (χ2v) is 5.02. The zero-order valence-electron chi connectivity index (χ0n) is 10.8. The lowest BCUT2D eigenvalue weighted by atomic mass is 10.2. The molecular formula is C15H12N2O2S. The summed E-state index contributed by atoms with van der Waals surface area (Å²) in [5.41, 5.74) is 0.865. The van der Waals surface area contributed by atoms with Gasteiger partial charge >= 0.3 is 0 Å². The average molecular weight is 284 g/mol. The first-order valence-electron chi connectivity index (χ1n) is 6.05. The topological polar surface area (TPSA) is 48.2 Å². The number of hydrogen-bond donors (Lipinski definition) is 0. The van der Waals surface area contributed by atoms with Crippen molar-refractivity contribution in [1.29, 1.82) is 0 Å². The highest BCUT2D eigenvalue weighted by atomic mass is 32.1. The van der Waals surface area contributed by atoms with Crippen molar-refractivity contribution in [3.8, 4) is 17.1 Å². The van der Waals surface area contributed by atoms with Crippen molar-refractivity contribution in [2.24, 2.45) is 0 Å². The van der Waals surface area contributed by atoms with Gasteiger partial charge in [0, 0.05) is 16.5 Å². The predicted molar refractivity (Wildman–Crippen MR) is 79.5 cm³/mol. The van der Waals surface area contributed by atoms with Crippen LogP contribution < -0.4 is 4.74 Å². The second-order valence-electron chi connectivity index (χ2n) is 4.04. The number of rotatable bonds is 4. The summed E-state index contributed by atoms with van der Waals surface area (Å²) in [6.45, 7) is 0. The van der Waals surface area contributed by atoms with Gasteiger partial charge in [0.15, 0.2) is 0 Å². The summed E-state index contributed by atoms with van der Waals surface area (Å²) in [4.78, 5) is 5.48. The van der Waals surface area contributed by atoms with Crippen LogP contribution in [0.25, 0.3) is 23.5 Å². The Morgan fingerprint density at radius 1 is 1.20 bits per heavy atom. The molecule has 0 N–H and O–H groups in total. The van der Waals surface area contributed by atoms with Crippen LogP contribution in [0.1, 0.15) is 10.8 Å². The molecule has 0 saturated heterocycles. The number of benzene rings is 1. The van der Waals surface area contributed by atoms with E-state index in [4.69, 9.17) is 9.26 Å². The SMILES string of the molecule is COc1cccc(-c2noc(/C=C/c3cccs3)n2)c1. The van der Waals surface area contributed by atoms with E-state index in [1.165, 1.54) is 0 Å². The first kappa shape index (κ1) is 12.6. The van der Waals surface area contributed by atoms with Crippen molar-refractivity contribution >= 4 is 23.5 Å². The quantitative estimate of drug-likeness (QED) is 0.727. The lowest BCUT2D eigenvalue weighted by Gasteiger charge is -1.99. The predicted octanol–water partition coefficient (Wildman–Crippen LogP) is 3.98. The molecule has 0 radical (unpaired) electrons. The van der Waals surface area contributed by atoms with Gasteiger partial charge in [0.1, 0.15) is 5.75 Å². The number of methoxy groups -OCH3 is 1. The second kappa shape index (κ2) is 5.71. The average Bonchev–Trinajstić information content (AvgIpc) is 3.16. The van der Waals surface area contributed by atoms with Crippen LogP contribution in [0, 0.1) is 0 Å². The van der Waals surface area contributed by atoms with Gasteiger partial charge in [-0.1, -0.05) is 23.4 Å². The Morgan fingerprint density at radius 2 is 2.15 bits per heavy atom. The van der Waals surface area contributed by atoms with Crippen LogP contribution in [0.15, 0.2) is 46.3 Å². The van der Waals surface area contributed by atoms with Crippen molar-refractivity contribution < 1.29 is 9.26 Å². The van der Waals surface area contributed by atoms with Crippen molar-refractivity contribution in [2.45, 2.75) is 0 Å². The molecule has 0 spiro atoms. The Hall–Kier alpha value is -2.40. The molecule has 1 aromatic carbocycles. The van der Waals surface area contributed by atoms with Gasteiger partial charge in [-0.15, -0.1) is 11.3 Å². The van der Waals surface area contributed by atoms with Crippen molar-refractivity contribution in [1.82, 2.24) is 10.1 Å². The Bertz CT molecular complexity index is 717. The van der Waals surface area contributed by atoms with Crippen LogP contribution in [-0.2, 0) is 0 Å². The number of ether oxygens (including phenoxy) is 1. The zero-order chi connectivity index (χ0) is 13.8. The molecule has 3 aromatic rings. The van der Waals surface area contributed by atoms with E-state index < -0.39 is 0 Å². The summed E-state index contributed by atoms with van der Waals surface area (Å²) in [7, 11) is 1.63. The third kappa shape index (κ3) is 2.78. The van der Waals surface area contributed by atoms with E-state index in [1.807, 2.05) is 53.9 Å². The van der Waals surface area contributed by atoms with Crippen LogP contribution in [0.5, 0.6) is 5.75 Å².